The maximum absolute atomic E-state index is 13.1. The van der Waals surface area contributed by atoms with Crippen LogP contribution in [-0.2, 0) is 19.6 Å². The molecule has 6 heteroatoms. The number of rotatable bonds is 6. The average Bonchev–Trinajstić information content (AvgIpc) is 2.87. The molecule has 1 aromatic heterocycles. The quantitative estimate of drug-likeness (QED) is 0.520. The third kappa shape index (κ3) is 4.50. The Balaban J connectivity index is 1.99. The maximum atomic E-state index is 13.1. The van der Waals surface area contributed by atoms with E-state index in [2.05, 4.69) is 21.6 Å². The van der Waals surface area contributed by atoms with E-state index in [-0.39, 0.29) is 0 Å². The highest BCUT2D eigenvalue weighted by Crippen LogP contribution is 2.39. The number of nitrogens with zero attached hydrogens (tertiary/aromatic N) is 2. The van der Waals surface area contributed by atoms with Crippen LogP contribution in [0.5, 0.6) is 0 Å². The topological polar surface area (TPSA) is 8.17 Å². The third-order valence-corrected chi connectivity index (χ3v) is 5.76. The highest BCUT2D eigenvalue weighted by Gasteiger charge is 2.30. The van der Waals surface area contributed by atoms with Gasteiger partial charge in [-0.1, -0.05) is 36.0 Å². The van der Waals surface area contributed by atoms with Crippen LogP contribution in [0.4, 0.5) is 13.2 Å². The van der Waals surface area contributed by atoms with Crippen LogP contribution in [0.15, 0.2) is 58.5 Å². The van der Waals surface area contributed by atoms with Crippen LogP contribution in [0.3, 0.4) is 0 Å². The number of hydrogen-bond acceptors (Lipinski definition) is 2. The van der Waals surface area contributed by atoms with Gasteiger partial charge in [0.2, 0.25) is 0 Å². The minimum absolute atomic E-state index is 0.601. The summed E-state index contributed by atoms with van der Waals surface area (Å²) in [6.07, 6.45) is -2.44. The van der Waals surface area contributed by atoms with Crippen molar-refractivity contribution in [3.63, 3.8) is 0 Å². The SMILES string of the molecule is CN(C)CCCc1c(Sc2cccc(C(F)(F)F)c2)n(C)c2ccccc12. The summed E-state index contributed by atoms with van der Waals surface area (Å²) >= 11 is 1.41. The molecule has 3 aromatic rings. The molecule has 3 rings (SSSR count). The molecule has 0 saturated carbocycles. The van der Waals surface area contributed by atoms with E-state index in [1.54, 1.807) is 6.07 Å². The zero-order valence-electron chi connectivity index (χ0n) is 15.7. The van der Waals surface area contributed by atoms with E-state index in [9.17, 15) is 13.2 Å². The fraction of sp³-hybridized carbons (Fsp3) is 0.333. The zero-order valence-corrected chi connectivity index (χ0v) is 16.5. The number of alkyl halides is 3. The zero-order chi connectivity index (χ0) is 19.6. The molecule has 0 bridgehead atoms. The molecule has 0 spiro atoms. The van der Waals surface area contributed by atoms with E-state index in [1.807, 2.05) is 33.3 Å². The Kier molecular flexibility index (Phi) is 5.86. The molecule has 0 radical (unpaired) electrons. The molecule has 0 saturated heterocycles. The van der Waals surface area contributed by atoms with E-state index >= 15 is 0 Å². The summed E-state index contributed by atoms with van der Waals surface area (Å²) in [7, 11) is 6.07. The van der Waals surface area contributed by atoms with Crippen LogP contribution in [0.25, 0.3) is 10.9 Å². The van der Waals surface area contributed by atoms with Gasteiger partial charge in [-0.3, -0.25) is 0 Å². The number of para-hydroxylation sites is 1. The summed E-state index contributed by atoms with van der Waals surface area (Å²) in [4.78, 5) is 2.75. The van der Waals surface area contributed by atoms with Crippen LogP contribution in [0.1, 0.15) is 17.5 Å². The van der Waals surface area contributed by atoms with Gasteiger partial charge in [0.1, 0.15) is 0 Å². The van der Waals surface area contributed by atoms with Crippen molar-refractivity contribution in [1.82, 2.24) is 9.47 Å². The van der Waals surface area contributed by atoms with Crippen molar-refractivity contribution in [3.8, 4) is 0 Å². The second kappa shape index (κ2) is 7.98. The second-order valence-electron chi connectivity index (χ2n) is 6.89. The van der Waals surface area contributed by atoms with Crippen molar-refractivity contribution < 1.29 is 13.2 Å². The lowest BCUT2D eigenvalue weighted by molar-refractivity contribution is -0.137. The highest BCUT2D eigenvalue weighted by molar-refractivity contribution is 7.99. The summed E-state index contributed by atoms with van der Waals surface area (Å²) in [5.41, 5.74) is 1.70. The molecule has 0 aliphatic heterocycles. The Bertz CT molecular complexity index is 929. The first-order chi connectivity index (χ1) is 12.8. The number of aromatic nitrogens is 1. The summed E-state index contributed by atoms with van der Waals surface area (Å²) < 4.78 is 41.3. The minimum Gasteiger partial charge on any atom is -0.338 e. The summed E-state index contributed by atoms with van der Waals surface area (Å²) in [6.45, 7) is 0.969. The van der Waals surface area contributed by atoms with E-state index in [4.69, 9.17) is 0 Å². The lowest BCUT2D eigenvalue weighted by Gasteiger charge is -2.12. The number of aryl methyl sites for hydroxylation is 2. The van der Waals surface area contributed by atoms with Gasteiger partial charge in [0.25, 0.3) is 0 Å². The van der Waals surface area contributed by atoms with E-state index in [0.717, 1.165) is 36.0 Å². The van der Waals surface area contributed by atoms with E-state index < -0.39 is 11.7 Å². The van der Waals surface area contributed by atoms with Gasteiger partial charge in [-0.15, -0.1) is 0 Å². The number of fused-ring (bicyclic) bond motifs is 1. The average molecular weight is 392 g/mol. The van der Waals surface area contributed by atoms with Gasteiger partial charge in [-0.05, 0) is 63.3 Å². The number of hydrogen-bond donors (Lipinski definition) is 0. The molecular formula is C21H23F3N2S. The lowest BCUT2D eigenvalue weighted by atomic mass is 10.1. The number of benzene rings is 2. The summed E-state index contributed by atoms with van der Waals surface area (Å²) in [5, 5.41) is 2.18. The van der Waals surface area contributed by atoms with Gasteiger partial charge in [-0.2, -0.15) is 13.2 Å². The van der Waals surface area contributed by atoms with Crippen LogP contribution >= 0.6 is 11.8 Å². The minimum atomic E-state index is -4.33. The Hall–Kier alpha value is -1.92. The first kappa shape index (κ1) is 19.8. The lowest BCUT2D eigenvalue weighted by Crippen LogP contribution is -2.13. The maximum Gasteiger partial charge on any atom is 0.416 e. The molecule has 27 heavy (non-hydrogen) atoms. The first-order valence-corrected chi connectivity index (χ1v) is 9.65. The summed E-state index contributed by atoms with van der Waals surface area (Å²) in [6, 6.07) is 13.7. The molecule has 144 valence electrons. The molecule has 0 aliphatic carbocycles. The van der Waals surface area contributed by atoms with E-state index in [0.29, 0.717) is 4.90 Å². The van der Waals surface area contributed by atoms with Crippen LogP contribution < -0.4 is 0 Å². The first-order valence-electron chi connectivity index (χ1n) is 8.83. The van der Waals surface area contributed by atoms with Crippen LogP contribution in [-0.4, -0.2) is 30.1 Å². The normalized spacial score (nSPS) is 12.3. The third-order valence-electron chi connectivity index (χ3n) is 4.56. The van der Waals surface area contributed by atoms with Crippen molar-refractivity contribution in [1.29, 1.82) is 0 Å². The second-order valence-corrected chi connectivity index (χ2v) is 7.96. The van der Waals surface area contributed by atoms with Gasteiger partial charge in [-0.25, -0.2) is 0 Å². The van der Waals surface area contributed by atoms with Gasteiger partial charge in [0.15, 0.2) is 0 Å². The van der Waals surface area contributed by atoms with E-state index in [1.165, 1.54) is 34.8 Å². The van der Waals surface area contributed by atoms with Gasteiger partial charge in [0.05, 0.1) is 10.6 Å². The highest BCUT2D eigenvalue weighted by atomic mass is 32.2. The summed E-state index contributed by atoms with van der Waals surface area (Å²) in [5.74, 6) is 0. The molecule has 0 aliphatic rings. The van der Waals surface area contributed by atoms with Gasteiger partial charge < -0.3 is 9.47 Å². The largest absolute Gasteiger partial charge is 0.416 e. The van der Waals surface area contributed by atoms with Gasteiger partial charge >= 0.3 is 6.18 Å². The Morgan fingerprint density at radius 2 is 1.78 bits per heavy atom. The monoisotopic (exact) mass is 392 g/mol. The number of halogens is 3. The molecule has 2 aromatic carbocycles. The van der Waals surface area contributed by atoms with Gasteiger partial charge in [0, 0.05) is 22.8 Å². The van der Waals surface area contributed by atoms with Crippen molar-refractivity contribution >= 4 is 22.7 Å². The molecule has 1 heterocycles. The Morgan fingerprint density at radius 1 is 1.04 bits per heavy atom. The molecule has 0 fully saturated rings. The molecule has 0 unspecified atom stereocenters. The van der Waals surface area contributed by atoms with Crippen molar-refractivity contribution in [2.24, 2.45) is 7.05 Å². The molecule has 0 atom stereocenters. The molecule has 0 N–H and O–H groups in total. The van der Waals surface area contributed by atoms with Crippen molar-refractivity contribution in [2.45, 2.75) is 28.9 Å². The molecule has 0 amide bonds. The standard InChI is InChI=1S/C21H23F3N2S/c1-25(2)13-7-11-18-17-10-4-5-12-19(17)26(3)20(18)27-16-9-6-8-15(14-16)21(22,23)24/h4-6,8-10,12,14H,7,11,13H2,1-3H3. The predicted molar refractivity (Wildman–Crippen MR) is 105 cm³/mol. The Morgan fingerprint density at radius 3 is 2.48 bits per heavy atom. The fourth-order valence-corrected chi connectivity index (χ4v) is 4.37. The van der Waals surface area contributed by atoms with Crippen molar-refractivity contribution in [3.05, 3.63) is 59.7 Å². The predicted octanol–water partition coefficient (Wildman–Crippen LogP) is 5.84. The molecule has 2 nitrogen and oxygen atoms in total. The van der Waals surface area contributed by atoms with Crippen molar-refractivity contribution in [2.75, 3.05) is 20.6 Å². The smallest absolute Gasteiger partial charge is 0.338 e. The molecular weight excluding hydrogens is 369 g/mol. The van der Waals surface area contributed by atoms with Crippen LogP contribution in [0.2, 0.25) is 0 Å². The Labute approximate surface area is 162 Å². The van der Waals surface area contributed by atoms with Crippen LogP contribution in [0, 0.1) is 0 Å². The fourth-order valence-electron chi connectivity index (χ4n) is 3.24.